The molecule has 0 bridgehead atoms. The molecule has 1 fully saturated rings. The van der Waals surface area contributed by atoms with Gasteiger partial charge in [-0.05, 0) is 36.5 Å². The molecule has 0 N–H and O–H groups in total. The Morgan fingerprint density at radius 2 is 2.00 bits per heavy atom. The summed E-state index contributed by atoms with van der Waals surface area (Å²) >= 11 is 0. The first-order valence-electron chi connectivity index (χ1n) is 5.21. The number of alkyl halides is 2. The van der Waals surface area contributed by atoms with Crippen molar-refractivity contribution in [1.29, 1.82) is 0 Å². The number of Topliss-reactive ketones (excluding diaryl/α,β-unsaturated/α-hetero) is 1. The zero-order valence-electron chi connectivity index (χ0n) is 8.55. The quantitative estimate of drug-likeness (QED) is 0.723. The summed E-state index contributed by atoms with van der Waals surface area (Å²) in [5.41, 5.74) is 0.302. The molecule has 0 unspecified atom stereocenters. The van der Waals surface area contributed by atoms with Crippen molar-refractivity contribution >= 4 is 5.78 Å². The van der Waals surface area contributed by atoms with Gasteiger partial charge in [-0.15, -0.1) is 0 Å². The number of ketones is 1. The zero-order chi connectivity index (χ0) is 11.7. The predicted octanol–water partition coefficient (Wildman–Crippen LogP) is 3.54. The van der Waals surface area contributed by atoms with E-state index in [1.165, 1.54) is 6.07 Å². The SMILES string of the molecule is O=C(c1cc(C2CCC2)ccc1F)C(F)F. The Balaban J connectivity index is 2.32. The Kier molecular flexibility index (Phi) is 2.99. The highest BCUT2D eigenvalue weighted by molar-refractivity contribution is 5.98. The van der Waals surface area contributed by atoms with Crippen LogP contribution in [0.3, 0.4) is 0 Å². The highest BCUT2D eigenvalue weighted by Crippen LogP contribution is 2.36. The highest BCUT2D eigenvalue weighted by Gasteiger charge is 2.25. The van der Waals surface area contributed by atoms with Gasteiger partial charge in [0, 0.05) is 0 Å². The van der Waals surface area contributed by atoms with Crippen LogP contribution in [0.2, 0.25) is 0 Å². The molecule has 1 aromatic carbocycles. The van der Waals surface area contributed by atoms with Crippen molar-refractivity contribution in [2.45, 2.75) is 31.6 Å². The molecule has 0 aromatic heterocycles. The second-order valence-corrected chi connectivity index (χ2v) is 4.03. The van der Waals surface area contributed by atoms with Gasteiger partial charge in [-0.1, -0.05) is 12.5 Å². The van der Waals surface area contributed by atoms with E-state index >= 15 is 0 Å². The highest BCUT2D eigenvalue weighted by atomic mass is 19.3. The predicted molar refractivity (Wildman–Crippen MR) is 53.3 cm³/mol. The molecule has 16 heavy (non-hydrogen) atoms. The summed E-state index contributed by atoms with van der Waals surface area (Å²) < 4.78 is 37.6. The molecule has 1 saturated carbocycles. The molecule has 0 aliphatic heterocycles. The normalized spacial score (nSPS) is 16.2. The monoisotopic (exact) mass is 228 g/mol. The molecular weight excluding hydrogens is 217 g/mol. The van der Waals surface area contributed by atoms with E-state index in [-0.39, 0.29) is 0 Å². The van der Waals surface area contributed by atoms with Crippen LogP contribution in [0.15, 0.2) is 18.2 Å². The van der Waals surface area contributed by atoms with E-state index in [0.29, 0.717) is 5.92 Å². The van der Waals surface area contributed by atoms with Gasteiger partial charge in [-0.3, -0.25) is 4.79 Å². The maximum Gasteiger partial charge on any atom is 0.300 e. The number of carbonyl (C=O) groups excluding carboxylic acids is 1. The summed E-state index contributed by atoms with van der Waals surface area (Å²) in [4.78, 5) is 11.1. The Bertz CT molecular complexity index is 411. The first-order chi connectivity index (χ1) is 7.59. The van der Waals surface area contributed by atoms with Crippen LogP contribution in [0.25, 0.3) is 0 Å². The van der Waals surface area contributed by atoms with Crippen LogP contribution in [0.4, 0.5) is 13.2 Å². The molecule has 1 aromatic rings. The van der Waals surface area contributed by atoms with Crippen molar-refractivity contribution in [2.75, 3.05) is 0 Å². The number of rotatable bonds is 3. The molecule has 1 nitrogen and oxygen atoms in total. The van der Waals surface area contributed by atoms with Crippen LogP contribution in [0.5, 0.6) is 0 Å². The van der Waals surface area contributed by atoms with Crippen LogP contribution in [-0.2, 0) is 0 Å². The Hall–Kier alpha value is -1.32. The molecule has 1 aliphatic rings. The van der Waals surface area contributed by atoms with E-state index < -0.39 is 23.6 Å². The molecule has 0 heterocycles. The maximum absolute atomic E-state index is 13.2. The fourth-order valence-corrected chi connectivity index (χ4v) is 1.84. The maximum atomic E-state index is 13.2. The van der Waals surface area contributed by atoms with E-state index in [1.54, 1.807) is 6.07 Å². The largest absolute Gasteiger partial charge is 0.300 e. The Morgan fingerprint density at radius 3 is 2.50 bits per heavy atom. The van der Waals surface area contributed by atoms with E-state index in [9.17, 15) is 18.0 Å². The molecule has 0 saturated heterocycles. The lowest BCUT2D eigenvalue weighted by atomic mass is 9.79. The molecule has 2 rings (SSSR count). The van der Waals surface area contributed by atoms with Gasteiger partial charge in [0.25, 0.3) is 0 Å². The van der Waals surface area contributed by atoms with Gasteiger partial charge in [-0.25, -0.2) is 13.2 Å². The number of carbonyl (C=O) groups is 1. The van der Waals surface area contributed by atoms with Crippen molar-refractivity contribution in [2.24, 2.45) is 0 Å². The van der Waals surface area contributed by atoms with Crippen molar-refractivity contribution in [3.63, 3.8) is 0 Å². The van der Waals surface area contributed by atoms with Gasteiger partial charge in [0.2, 0.25) is 5.78 Å². The lowest BCUT2D eigenvalue weighted by molar-refractivity contribution is 0.0674. The summed E-state index contributed by atoms with van der Waals surface area (Å²) in [6.07, 6.45) is -0.0895. The van der Waals surface area contributed by atoms with E-state index in [4.69, 9.17) is 0 Å². The van der Waals surface area contributed by atoms with Gasteiger partial charge >= 0.3 is 6.43 Å². The number of halogens is 3. The first kappa shape index (κ1) is 11.2. The third-order valence-electron chi connectivity index (χ3n) is 3.03. The fraction of sp³-hybridized carbons (Fsp3) is 0.417. The van der Waals surface area contributed by atoms with Gasteiger partial charge in [-0.2, -0.15) is 0 Å². The van der Waals surface area contributed by atoms with Crippen molar-refractivity contribution < 1.29 is 18.0 Å². The molecular formula is C12H11F3O. The minimum atomic E-state index is -3.15. The van der Waals surface area contributed by atoms with E-state index in [2.05, 4.69) is 0 Å². The summed E-state index contributed by atoms with van der Waals surface area (Å²) in [6, 6.07) is 3.94. The first-order valence-corrected chi connectivity index (χ1v) is 5.21. The Labute approximate surface area is 91.3 Å². The van der Waals surface area contributed by atoms with Crippen LogP contribution in [0, 0.1) is 5.82 Å². The summed E-state index contributed by atoms with van der Waals surface area (Å²) in [7, 11) is 0. The van der Waals surface area contributed by atoms with Gasteiger partial charge in [0.1, 0.15) is 5.82 Å². The molecule has 0 atom stereocenters. The molecule has 1 aliphatic carbocycles. The smallest absolute Gasteiger partial charge is 0.288 e. The fourth-order valence-electron chi connectivity index (χ4n) is 1.84. The minimum absolute atomic E-state index is 0.296. The molecule has 0 amide bonds. The zero-order valence-corrected chi connectivity index (χ0v) is 8.55. The molecule has 0 radical (unpaired) electrons. The summed E-state index contributed by atoms with van der Waals surface area (Å²) in [6.45, 7) is 0. The molecule has 4 heteroatoms. The van der Waals surface area contributed by atoms with Crippen LogP contribution in [0.1, 0.15) is 41.1 Å². The number of hydrogen-bond acceptors (Lipinski definition) is 1. The lowest BCUT2D eigenvalue weighted by Gasteiger charge is -2.26. The second kappa shape index (κ2) is 4.28. The number of hydrogen-bond donors (Lipinski definition) is 0. The molecule has 86 valence electrons. The average molecular weight is 228 g/mol. The standard InChI is InChI=1S/C12H11F3O/c13-10-5-4-8(7-2-1-3-7)6-9(10)11(16)12(14)15/h4-7,12H,1-3H2. The van der Waals surface area contributed by atoms with Crippen LogP contribution in [-0.4, -0.2) is 12.2 Å². The Morgan fingerprint density at radius 1 is 1.31 bits per heavy atom. The minimum Gasteiger partial charge on any atom is -0.288 e. The van der Waals surface area contributed by atoms with E-state index in [1.807, 2.05) is 0 Å². The summed E-state index contributed by atoms with van der Waals surface area (Å²) in [5.74, 6) is -2.00. The van der Waals surface area contributed by atoms with Crippen molar-refractivity contribution in [3.05, 3.63) is 35.1 Å². The third kappa shape index (κ3) is 1.96. The molecule has 0 spiro atoms. The second-order valence-electron chi connectivity index (χ2n) is 4.03. The van der Waals surface area contributed by atoms with Crippen molar-refractivity contribution in [1.82, 2.24) is 0 Å². The lowest BCUT2D eigenvalue weighted by Crippen LogP contribution is -2.15. The third-order valence-corrected chi connectivity index (χ3v) is 3.03. The van der Waals surface area contributed by atoms with E-state index in [0.717, 1.165) is 30.9 Å². The summed E-state index contributed by atoms with van der Waals surface area (Å²) in [5, 5.41) is 0. The van der Waals surface area contributed by atoms with Gasteiger partial charge in [0.15, 0.2) is 0 Å². The number of benzene rings is 1. The van der Waals surface area contributed by atoms with Crippen molar-refractivity contribution in [3.8, 4) is 0 Å². The van der Waals surface area contributed by atoms with Gasteiger partial charge < -0.3 is 0 Å². The van der Waals surface area contributed by atoms with Crippen LogP contribution >= 0.6 is 0 Å². The average Bonchev–Trinajstić information content (AvgIpc) is 2.17. The topological polar surface area (TPSA) is 17.1 Å². The van der Waals surface area contributed by atoms with Crippen LogP contribution < -0.4 is 0 Å². The van der Waals surface area contributed by atoms with Gasteiger partial charge in [0.05, 0.1) is 5.56 Å².